The highest BCUT2D eigenvalue weighted by Gasteiger charge is 2.27. The molecule has 25 heavy (non-hydrogen) atoms. The number of carbonyl (C=O) groups is 1. The van der Waals surface area contributed by atoms with Gasteiger partial charge < -0.3 is 9.64 Å². The Hall–Kier alpha value is -2.15. The average molecular weight is 345 g/mol. The Balaban J connectivity index is 1.85. The van der Waals surface area contributed by atoms with Crippen LogP contribution in [-0.2, 0) is 37.9 Å². The van der Waals surface area contributed by atoms with Gasteiger partial charge in [-0.05, 0) is 26.3 Å². The Morgan fingerprint density at radius 2 is 2.16 bits per heavy atom. The predicted molar refractivity (Wildman–Crippen MR) is 94.2 cm³/mol. The number of aromatic nitrogens is 4. The lowest BCUT2D eigenvalue weighted by molar-refractivity contribution is 0.0729. The number of aryl methyl sites for hydroxylation is 3. The molecule has 0 atom stereocenters. The first kappa shape index (κ1) is 17.7. The van der Waals surface area contributed by atoms with Gasteiger partial charge >= 0.3 is 0 Å². The number of carbonyl (C=O) groups excluding carboxylic acids is 1. The minimum Gasteiger partial charge on any atom is -0.376 e. The van der Waals surface area contributed by atoms with Gasteiger partial charge in [-0.15, -0.1) is 0 Å². The summed E-state index contributed by atoms with van der Waals surface area (Å²) in [6.45, 7) is 9.30. The van der Waals surface area contributed by atoms with E-state index in [2.05, 4.69) is 23.2 Å². The third kappa shape index (κ3) is 3.46. The Morgan fingerprint density at radius 3 is 2.88 bits per heavy atom. The molecule has 3 rings (SSSR count). The first-order valence-corrected chi connectivity index (χ1v) is 9.00. The third-order valence-corrected chi connectivity index (χ3v) is 4.65. The highest BCUT2D eigenvalue weighted by atomic mass is 16.5. The monoisotopic (exact) mass is 345 g/mol. The van der Waals surface area contributed by atoms with E-state index in [4.69, 9.17) is 4.74 Å². The second kappa shape index (κ2) is 7.39. The summed E-state index contributed by atoms with van der Waals surface area (Å²) in [4.78, 5) is 14.9. The summed E-state index contributed by atoms with van der Waals surface area (Å²) in [5.41, 5.74) is 4.62. The van der Waals surface area contributed by atoms with Gasteiger partial charge in [-0.3, -0.25) is 14.2 Å². The number of ether oxygens (including phenoxy) is 1. The molecule has 1 aliphatic heterocycles. The number of hydrogen-bond donors (Lipinski definition) is 0. The van der Waals surface area contributed by atoms with Crippen molar-refractivity contribution in [1.29, 1.82) is 0 Å². The molecular formula is C18H27N5O2. The molecule has 136 valence electrons. The van der Waals surface area contributed by atoms with Gasteiger partial charge in [0.1, 0.15) is 0 Å². The summed E-state index contributed by atoms with van der Waals surface area (Å²) in [5.74, 6) is -0.0354. The molecule has 0 fully saturated rings. The van der Waals surface area contributed by atoms with Crippen molar-refractivity contribution in [3.63, 3.8) is 0 Å². The molecule has 0 saturated carbocycles. The van der Waals surface area contributed by atoms with Crippen LogP contribution in [0.15, 0.2) is 6.07 Å². The molecule has 0 radical (unpaired) electrons. The second-order valence-electron chi connectivity index (χ2n) is 6.52. The largest absolute Gasteiger partial charge is 0.376 e. The first-order chi connectivity index (χ1) is 12.0. The molecule has 0 N–H and O–H groups in total. The van der Waals surface area contributed by atoms with Crippen LogP contribution in [0.3, 0.4) is 0 Å². The second-order valence-corrected chi connectivity index (χ2v) is 6.52. The van der Waals surface area contributed by atoms with Gasteiger partial charge in [0, 0.05) is 37.8 Å². The van der Waals surface area contributed by atoms with E-state index in [0.29, 0.717) is 32.0 Å². The van der Waals surface area contributed by atoms with Crippen molar-refractivity contribution in [1.82, 2.24) is 24.5 Å². The topological polar surface area (TPSA) is 65.2 Å². The van der Waals surface area contributed by atoms with Crippen molar-refractivity contribution in [2.45, 2.75) is 53.3 Å². The zero-order valence-electron chi connectivity index (χ0n) is 15.6. The number of amides is 1. The lowest BCUT2D eigenvalue weighted by Crippen LogP contribution is -2.32. The fraction of sp³-hybridized carbons (Fsp3) is 0.611. The quantitative estimate of drug-likeness (QED) is 0.804. The van der Waals surface area contributed by atoms with Crippen LogP contribution >= 0.6 is 0 Å². The van der Waals surface area contributed by atoms with Crippen molar-refractivity contribution in [2.75, 3.05) is 13.2 Å². The summed E-state index contributed by atoms with van der Waals surface area (Å²) >= 11 is 0. The number of fused-ring (bicyclic) bond motifs is 1. The normalized spacial score (nSPS) is 13.8. The van der Waals surface area contributed by atoms with Gasteiger partial charge in [0.2, 0.25) is 0 Å². The zero-order chi connectivity index (χ0) is 18.0. The van der Waals surface area contributed by atoms with Crippen LogP contribution in [0.5, 0.6) is 0 Å². The molecule has 7 heteroatoms. The SMILES string of the molecule is CCCn1nc(C)cc1CN(CC)C(=O)c1nn(C)c2c1COCC2. The summed E-state index contributed by atoms with van der Waals surface area (Å²) in [5, 5.41) is 9.02. The van der Waals surface area contributed by atoms with Gasteiger partial charge in [0.15, 0.2) is 5.69 Å². The van der Waals surface area contributed by atoms with E-state index in [-0.39, 0.29) is 5.91 Å². The van der Waals surface area contributed by atoms with Crippen LogP contribution in [0.25, 0.3) is 0 Å². The van der Waals surface area contributed by atoms with E-state index in [1.54, 1.807) is 0 Å². The summed E-state index contributed by atoms with van der Waals surface area (Å²) < 4.78 is 9.37. The molecule has 2 aromatic rings. The highest BCUT2D eigenvalue weighted by Crippen LogP contribution is 2.22. The molecule has 1 aliphatic rings. The van der Waals surface area contributed by atoms with Crippen LogP contribution in [0, 0.1) is 6.92 Å². The van der Waals surface area contributed by atoms with Crippen molar-refractivity contribution in [2.24, 2.45) is 7.05 Å². The Morgan fingerprint density at radius 1 is 1.36 bits per heavy atom. The van der Waals surface area contributed by atoms with Crippen molar-refractivity contribution < 1.29 is 9.53 Å². The number of rotatable bonds is 6. The molecule has 3 heterocycles. The van der Waals surface area contributed by atoms with Crippen molar-refractivity contribution in [3.8, 4) is 0 Å². The van der Waals surface area contributed by atoms with E-state index in [1.807, 2.05) is 35.2 Å². The third-order valence-electron chi connectivity index (χ3n) is 4.65. The van der Waals surface area contributed by atoms with Crippen LogP contribution in [0.2, 0.25) is 0 Å². The molecule has 0 saturated heterocycles. The molecular weight excluding hydrogens is 318 g/mol. The minimum atomic E-state index is -0.0354. The van der Waals surface area contributed by atoms with E-state index >= 15 is 0 Å². The van der Waals surface area contributed by atoms with Gasteiger partial charge in [0.05, 0.1) is 31.1 Å². The van der Waals surface area contributed by atoms with Crippen LogP contribution in [0.1, 0.15) is 53.4 Å². The average Bonchev–Trinajstić information content (AvgIpc) is 3.13. The van der Waals surface area contributed by atoms with Crippen LogP contribution in [-0.4, -0.2) is 43.5 Å². The fourth-order valence-electron chi connectivity index (χ4n) is 3.39. The number of nitrogens with zero attached hydrogens (tertiary/aromatic N) is 5. The lowest BCUT2D eigenvalue weighted by atomic mass is 10.1. The Labute approximate surface area is 148 Å². The summed E-state index contributed by atoms with van der Waals surface area (Å²) in [6, 6.07) is 2.06. The predicted octanol–water partition coefficient (Wildman–Crippen LogP) is 2.07. The zero-order valence-corrected chi connectivity index (χ0v) is 15.6. The van der Waals surface area contributed by atoms with Gasteiger partial charge in [-0.2, -0.15) is 10.2 Å². The summed E-state index contributed by atoms with van der Waals surface area (Å²) in [6.07, 6.45) is 1.82. The summed E-state index contributed by atoms with van der Waals surface area (Å²) in [7, 11) is 1.90. The molecule has 7 nitrogen and oxygen atoms in total. The molecule has 0 unspecified atom stereocenters. The molecule has 0 spiro atoms. The lowest BCUT2D eigenvalue weighted by Gasteiger charge is -2.21. The van der Waals surface area contributed by atoms with Crippen molar-refractivity contribution in [3.05, 3.63) is 34.4 Å². The van der Waals surface area contributed by atoms with E-state index in [9.17, 15) is 4.79 Å². The molecule has 2 aromatic heterocycles. The first-order valence-electron chi connectivity index (χ1n) is 9.00. The standard InChI is InChI=1S/C18H27N5O2/c1-5-8-23-14(10-13(3)19-23)11-22(6-2)18(24)17-15-12-25-9-7-16(15)21(4)20-17/h10H,5-9,11-12H2,1-4H3. The molecule has 1 amide bonds. The highest BCUT2D eigenvalue weighted by molar-refractivity contribution is 5.94. The smallest absolute Gasteiger partial charge is 0.275 e. The minimum absolute atomic E-state index is 0.0354. The Bertz CT molecular complexity index is 762. The number of hydrogen-bond acceptors (Lipinski definition) is 4. The van der Waals surface area contributed by atoms with Gasteiger partial charge in [-0.25, -0.2) is 0 Å². The van der Waals surface area contributed by atoms with Crippen LogP contribution in [0.4, 0.5) is 0 Å². The molecule has 0 bridgehead atoms. The molecule has 0 aliphatic carbocycles. The van der Waals surface area contributed by atoms with E-state index < -0.39 is 0 Å². The van der Waals surface area contributed by atoms with Crippen molar-refractivity contribution >= 4 is 5.91 Å². The maximum absolute atomic E-state index is 13.1. The van der Waals surface area contributed by atoms with Crippen LogP contribution < -0.4 is 0 Å². The Kier molecular flexibility index (Phi) is 5.22. The molecule has 0 aromatic carbocycles. The van der Waals surface area contributed by atoms with E-state index in [0.717, 1.165) is 42.0 Å². The maximum atomic E-state index is 13.1. The van der Waals surface area contributed by atoms with E-state index in [1.165, 1.54) is 0 Å². The maximum Gasteiger partial charge on any atom is 0.275 e. The fourth-order valence-corrected chi connectivity index (χ4v) is 3.39. The van der Waals surface area contributed by atoms with Gasteiger partial charge in [-0.1, -0.05) is 6.92 Å². The van der Waals surface area contributed by atoms with Gasteiger partial charge in [0.25, 0.3) is 5.91 Å².